The van der Waals surface area contributed by atoms with E-state index in [2.05, 4.69) is 6.92 Å². The van der Waals surface area contributed by atoms with Gasteiger partial charge in [-0.25, -0.2) is 4.79 Å². The quantitative estimate of drug-likeness (QED) is 0.105. The Bertz CT molecular complexity index is 1060. The summed E-state index contributed by atoms with van der Waals surface area (Å²) in [4.78, 5) is 24.9. The van der Waals surface area contributed by atoms with E-state index in [-0.39, 0.29) is 5.78 Å². The van der Waals surface area contributed by atoms with Crippen molar-refractivity contribution in [2.75, 3.05) is 6.61 Å². The van der Waals surface area contributed by atoms with Crippen LogP contribution in [0.15, 0.2) is 78.9 Å². The van der Waals surface area contributed by atoms with Crippen LogP contribution in [0.25, 0.3) is 0 Å². The first-order valence-corrected chi connectivity index (χ1v) is 12.9. The predicted octanol–water partition coefficient (Wildman–Crippen LogP) is 7.34. The molecule has 0 bridgehead atoms. The number of aliphatic hydroxyl groups excluding tert-OH is 1. The van der Waals surface area contributed by atoms with Crippen molar-refractivity contribution in [3.8, 4) is 11.5 Å². The maximum Gasteiger partial charge on any atom is 0.343 e. The first-order chi connectivity index (χ1) is 17.6. The lowest BCUT2D eigenvalue weighted by molar-refractivity contribution is 0.0727. The molecule has 0 amide bonds. The SMILES string of the molecule is CCCCCCCCCCOc1ccc(C(=O)Oc2ccc(C(O)C(=O)c3ccccc3)cc2)cc1. The van der Waals surface area contributed by atoms with Gasteiger partial charge in [0.25, 0.3) is 0 Å². The van der Waals surface area contributed by atoms with Gasteiger partial charge in [-0.1, -0.05) is 94.3 Å². The van der Waals surface area contributed by atoms with Gasteiger partial charge in [0.05, 0.1) is 12.2 Å². The van der Waals surface area contributed by atoms with Crippen LogP contribution < -0.4 is 9.47 Å². The number of hydrogen-bond donors (Lipinski definition) is 1. The number of carbonyl (C=O) groups is 2. The summed E-state index contributed by atoms with van der Waals surface area (Å²) in [7, 11) is 0. The fourth-order valence-corrected chi connectivity index (χ4v) is 3.91. The number of benzene rings is 3. The topological polar surface area (TPSA) is 72.8 Å². The standard InChI is InChI=1S/C31H36O5/c1-2-3-4-5-6-7-8-12-23-35-27-19-17-26(18-20-27)31(34)36-28-21-15-25(16-22-28)30(33)29(32)24-13-10-9-11-14-24/h9-11,13-22,30,33H,2-8,12,23H2,1H3. The zero-order valence-electron chi connectivity index (χ0n) is 21.0. The molecule has 3 aromatic rings. The van der Waals surface area contributed by atoms with E-state index in [4.69, 9.17) is 9.47 Å². The van der Waals surface area contributed by atoms with Crippen LogP contribution in [-0.4, -0.2) is 23.5 Å². The summed E-state index contributed by atoms with van der Waals surface area (Å²) < 4.78 is 11.2. The summed E-state index contributed by atoms with van der Waals surface area (Å²) in [5, 5.41) is 10.4. The van der Waals surface area contributed by atoms with E-state index in [0.717, 1.165) is 12.2 Å². The van der Waals surface area contributed by atoms with E-state index in [1.54, 1.807) is 72.8 Å². The van der Waals surface area contributed by atoms with Crippen LogP contribution in [0.3, 0.4) is 0 Å². The Hall–Kier alpha value is -3.44. The highest BCUT2D eigenvalue weighted by molar-refractivity contribution is 5.99. The van der Waals surface area contributed by atoms with Gasteiger partial charge in [0.2, 0.25) is 0 Å². The molecule has 0 aliphatic rings. The minimum absolute atomic E-state index is 0.332. The number of carbonyl (C=O) groups excluding carboxylic acids is 2. The summed E-state index contributed by atoms with van der Waals surface area (Å²) in [6, 6.07) is 21.8. The van der Waals surface area contributed by atoms with E-state index in [1.807, 2.05) is 6.07 Å². The maximum absolute atomic E-state index is 12.5. The molecule has 0 fully saturated rings. The summed E-state index contributed by atoms with van der Waals surface area (Å²) in [5.41, 5.74) is 1.28. The molecule has 0 aliphatic heterocycles. The van der Waals surface area contributed by atoms with Crippen LogP contribution in [0.5, 0.6) is 11.5 Å². The van der Waals surface area contributed by atoms with Gasteiger partial charge in [0.1, 0.15) is 17.6 Å². The van der Waals surface area contributed by atoms with Crippen molar-refractivity contribution in [3.63, 3.8) is 0 Å². The highest BCUT2D eigenvalue weighted by Crippen LogP contribution is 2.22. The molecule has 3 rings (SSSR count). The Morgan fingerprint density at radius 1 is 0.694 bits per heavy atom. The van der Waals surface area contributed by atoms with E-state index in [9.17, 15) is 14.7 Å². The van der Waals surface area contributed by atoms with E-state index < -0.39 is 12.1 Å². The van der Waals surface area contributed by atoms with Gasteiger partial charge < -0.3 is 14.6 Å². The number of ketones is 1. The van der Waals surface area contributed by atoms with Crippen LogP contribution in [0.1, 0.15) is 90.7 Å². The molecule has 3 aromatic carbocycles. The Labute approximate surface area is 214 Å². The number of Topliss-reactive ketones (excluding diaryl/α,β-unsaturated/α-hetero) is 1. The van der Waals surface area contributed by atoms with Crippen molar-refractivity contribution in [2.24, 2.45) is 0 Å². The van der Waals surface area contributed by atoms with Crippen LogP contribution in [0.4, 0.5) is 0 Å². The Morgan fingerprint density at radius 3 is 1.92 bits per heavy atom. The minimum atomic E-state index is -1.28. The van der Waals surface area contributed by atoms with Gasteiger partial charge in [-0.3, -0.25) is 4.79 Å². The molecular formula is C31H36O5. The van der Waals surface area contributed by atoms with Crippen LogP contribution >= 0.6 is 0 Å². The smallest absolute Gasteiger partial charge is 0.343 e. The first-order valence-electron chi connectivity index (χ1n) is 12.9. The summed E-state index contributed by atoms with van der Waals surface area (Å²) in [5.74, 6) is 0.192. The molecule has 5 heteroatoms. The molecule has 1 N–H and O–H groups in total. The molecule has 0 heterocycles. The van der Waals surface area contributed by atoms with Crippen molar-refractivity contribution >= 4 is 11.8 Å². The number of unbranched alkanes of at least 4 members (excludes halogenated alkanes) is 7. The Morgan fingerprint density at radius 2 is 1.28 bits per heavy atom. The highest BCUT2D eigenvalue weighted by Gasteiger charge is 2.19. The fraction of sp³-hybridized carbons (Fsp3) is 0.355. The fourth-order valence-electron chi connectivity index (χ4n) is 3.91. The van der Waals surface area contributed by atoms with Crippen molar-refractivity contribution < 1.29 is 24.2 Å². The minimum Gasteiger partial charge on any atom is -0.494 e. The van der Waals surface area contributed by atoms with Crippen LogP contribution in [-0.2, 0) is 0 Å². The van der Waals surface area contributed by atoms with Gasteiger partial charge in [-0.05, 0) is 48.4 Å². The summed E-state index contributed by atoms with van der Waals surface area (Å²) in [6.45, 7) is 2.90. The molecule has 1 atom stereocenters. The van der Waals surface area contributed by atoms with Crippen molar-refractivity contribution in [1.29, 1.82) is 0 Å². The largest absolute Gasteiger partial charge is 0.494 e. The number of hydrogen-bond acceptors (Lipinski definition) is 5. The maximum atomic E-state index is 12.5. The lowest BCUT2D eigenvalue weighted by atomic mass is 10.00. The molecule has 0 aliphatic carbocycles. The molecule has 0 aromatic heterocycles. The summed E-state index contributed by atoms with van der Waals surface area (Å²) in [6.07, 6.45) is 8.74. The van der Waals surface area contributed by atoms with Gasteiger partial charge in [0, 0.05) is 5.56 Å². The Kier molecular flexibility index (Phi) is 11.2. The molecule has 0 saturated heterocycles. The third-order valence-corrected chi connectivity index (χ3v) is 6.07. The van der Waals surface area contributed by atoms with Gasteiger partial charge in [0.15, 0.2) is 5.78 Å². The third-order valence-electron chi connectivity index (χ3n) is 6.07. The predicted molar refractivity (Wildman–Crippen MR) is 142 cm³/mol. The normalized spacial score (nSPS) is 11.6. The lowest BCUT2D eigenvalue weighted by Gasteiger charge is -2.11. The monoisotopic (exact) mass is 488 g/mol. The second kappa shape index (κ2) is 14.8. The second-order valence-electron chi connectivity index (χ2n) is 8.94. The third kappa shape index (κ3) is 8.65. The molecule has 190 valence electrons. The first kappa shape index (κ1) is 27.2. The Balaban J connectivity index is 1.41. The molecule has 0 radical (unpaired) electrons. The van der Waals surface area contributed by atoms with Gasteiger partial charge >= 0.3 is 5.97 Å². The van der Waals surface area contributed by atoms with E-state index in [0.29, 0.717) is 29.0 Å². The van der Waals surface area contributed by atoms with Crippen LogP contribution in [0, 0.1) is 0 Å². The molecule has 1 unspecified atom stereocenters. The zero-order chi connectivity index (χ0) is 25.6. The molecule has 0 spiro atoms. The van der Waals surface area contributed by atoms with Crippen molar-refractivity contribution in [1.82, 2.24) is 0 Å². The lowest BCUT2D eigenvalue weighted by Crippen LogP contribution is -2.12. The van der Waals surface area contributed by atoms with Crippen molar-refractivity contribution in [2.45, 2.75) is 64.4 Å². The number of ether oxygens (including phenoxy) is 2. The van der Waals surface area contributed by atoms with Crippen LogP contribution in [0.2, 0.25) is 0 Å². The number of aliphatic hydroxyl groups is 1. The van der Waals surface area contributed by atoms with Gasteiger partial charge in [-0.15, -0.1) is 0 Å². The average Bonchev–Trinajstić information content (AvgIpc) is 2.92. The van der Waals surface area contributed by atoms with Crippen molar-refractivity contribution in [3.05, 3.63) is 95.6 Å². The summed E-state index contributed by atoms with van der Waals surface area (Å²) >= 11 is 0. The average molecular weight is 489 g/mol. The molecule has 36 heavy (non-hydrogen) atoms. The highest BCUT2D eigenvalue weighted by atomic mass is 16.5. The molecule has 0 saturated carbocycles. The van der Waals surface area contributed by atoms with E-state index >= 15 is 0 Å². The molecule has 5 nitrogen and oxygen atoms in total. The number of rotatable bonds is 15. The second-order valence-corrected chi connectivity index (χ2v) is 8.94. The molecular weight excluding hydrogens is 452 g/mol. The zero-order valence-corrected chi connectivity index (χ0v) is 21.0. The number of esters is 1. The van der Waals surface area contributed by atoms with E-state index in [1.165, 1.54) is 44.9 Å². The van der Waals surface area contributed by atoms with Gasteiger partial charge in [-0.2, -0.15) is 0 Å².